The molecule has 0 aliphatic heterocycles. The van der Waals surface area contributed by atoms with E-state index in [2.05, 4.69) is 53.5 Å². The third kappa shape index (κ3) is 3.59. The smallest absolute Gasteiger partial charge is 0.223 e. The van der Waals surface area contributed by atoms with Crippen LogP contribution in [0.15, 0.2) is 40.3 Å². The first-order valence-electron chi connectivity index (χ1n) is 5.97. The van der Waals surface area contributed by atoms with E-state index in [0.29, 0.717) is 11.7 Å². The van der Waals surface area contributed by atoms with Crippen LogP contribution in [0.5, 0.6) is 0 Å². The van der Waals surface area contributed by atoms with Crippen LogP contribution in [-0.4, -0.2) is 9.97 Å². The van der Waals surface area contributed by atoms with Crippen molar-refractivity contribution in [2.24, 2.45) is 5.84 Å². The van der Waals surface area contributed by atoms with Crippen molar-refractivity contribution in [1.29, 1.82) is 0 Å². The highest BCUT2D eigenvalue weighted by atomic mass is 32.2. The molecule has 2 aromatic rings. The second-order valence-electron chi connectivity index (χ2n) is 4.42. The molecule has 0 radical (unpaired) electrons. The Morgan fingerprint density at radius 1 is 1.16 bits per heavy atom. The SMILES string of the molecule is CC(C)c1ccc(Sc2cc(NN)nc(N)n2)cc1. The number of nitrogens with one attached hydrogen (secondary N) is 1. The molecule has 0 fully saturated rings. The highest BCUT2D eigenvalue weighted by Crippen LogP contribution is 2.28. The molecule has 0 aliphatic carbocycles. The van der Waals surface area contributed by atoms with Gasteiger partial charge in [-0.1, -0.05) is 37.7 Å². The second-order valence-corrected chi connectivity index (χ2v) is 5.51. The van der Waals surface area contributed by atoms with Gasteiger partial charge >= 0.3 is 0 Å². The fraction of sp³-hybridized carbons (Fsp3) is 0.231. The summed E-state index contributed by atoms with van der Waals surface area (Å²) < 4.78 is 0. The predicted octanol–water partition coefficient (Wildman–Crippen LogP) is 2.62. The average Bonchev–Trinajstić information content (AvgIpc) is 2.38. The summed E-state index contributed by atoms with van der Waals surface area (Å²) in [6, 6.07) is 10.2. The lowest BCUT2D eigenvalue weighted by Crippen LogP contribution is -2.10. The number of benzene rings is 1. The van der Waals surface area contributed by atoms with E-state index in [-0.39, 0.29) is 5.95 Å². The number of nitrogens with zero attached hydrogens (tertiary/aromatic N) is 2. The van der Waals surface area contributed by atoms with Crippen molar-refractivity contribution < 1.29 is 0 Å². The Labute approximate surface area is 116 Å². The molecule has 2 rings (SSSR count). The monoisotopic (exact) mass is 275 g/mol. The van der Waals surface area contributed by atoms with Gasteiger partial charge in [-0.2, -0.15) is 4.98 Å². The van der Waals surface area contributed by atoms with Gasteiger partial charge in [0, 0.05) is 11.0 Å². The summed E-state index contributed by atoms with van der Waals surface area (Å²) in [6.45, 7) is 4.35. The molecule has 0 bridgehead atoms. The lowest BCUT2D eigenvalue weighted by Gasteiger charge is -2.07. The second kappa shape index (κ2) is 5.90. The van der Waals surface area contributed by atoms with E-state index in [9.17, 15) is 0 Å². The van der Waals surface area contributed by atoms with Gasteiger partial charge in [-0.25, -0.2) is 10.8 Å². The Hall–Kier alpha value is -1.79. The molecule has 0 atom stereocenters. The summed E-state index contributed by atoms with van der Waals surface area (Å²) in [7, 11) is 0. The van der Waals surface area contributed by atoms with Gasteiger partial charge < -0.3 is 11.2 Å². The summed E-state index contributed by atoms with van der Waals surface area (Å²) in [6.07, 6.45) is 0. The number of nitrogen functional groups attached to an aromatic ring is 2. The van der Waals surface area contributed by atoms with Crippen molar-refractivity contribution in [2.45, 2.75) is 29.7 Å². The standard InChI is InChI=1S/C13H17N5S/c1-8(2)9-3-5-10(6-4-9)19-12-7-11(18-15)16-13(14)17-12/h3-8H,15H2,1-2H3,(H3,14,16,17,18). The van der Waals surface area contributed by atoms with E-state index in [1.54, 1.807) is 6.07 Å². The van der Waals surface area contributed by atoms with Crippen LogP contribution in [0, 0.1) is 0 Å². The molecule has 1 aromatic heterocycles. The van der Waals surface area contributed by atoms with Crippen molar-refractivity contribution in [3.8, 4) is 0 Å². The predicted molar refractivity (Wildman–Crippen MR) is 78.9 cm³/mol. The van der Waals surface area contributed by atoms with Crippen molar-refractivity contribution in [1.82, 2.24) is 9.97 Å². The molecule has 100 valence electrons. The van der Waals surface area contributed by atoms with Crippen molar-refractivity contribution in [3.63, 3.8) is 0 Å². The molecule has 6 heteroatoms. The lowest BCUT2D eigenvalue weighted by atomic mass is 10.0. The van der Waals surface area contributed by atoms with E-state index in [1.807, 2.05) is 0 Å². The number of nitrogens with two attached hydrogens (primary N) is 2. The van der Waals surface area contributed by atoms with Crippen molar-refractivity contribution in [3.05, 3.63) is 35.9 Å². The number of aromatic nitrogens is 2. The van der Waals surface area contributed by atoms with Gasteiger partial charge in [-0.15, -0.1) is 0 Å². The van der Waals surface area contributed by atoms with Crippen LogP contribution in [-0.2, 0) is 0 Å². The number of rotatable bonds is 4. The minimum Gasteiger partial charge on any atom is -0.368 e. The molecular formula is C13H17N5S. The number of anilines is 2. The summed E-state index contributed by atoms with van der Waals surface area (Å²) >= 11 is 1.53. The van der Waals surface area contributed by atoms with E-state index in [4.69, 9.17) is 11.6 Å². The summed E-state index contributed by atoms with van der Waals surface area (Å²) in [5, 5.41) is 0.762. The lowest BCUT2D eigenvalue weighted by molar-refractivity contribution is 0.865. The fourth-order valence-electron chi connectivity index (χ4n) is 1.61. The minimum absolute atomic E-state index is 0.205. The first-order chi connectivity index (χ1) is 9.08. The summed E-state index contributed by atoms with van der Waals surface area (Å²) in [4.78, 5) is 9.22. The van der Waals surface area contributed by atoms with Crippen LogP contribution >= 0.6 is 11.8 Å². The maximum absolute atomic E-state index is 5.62. The first kappa shape index (κ1) is 13.6. The molecule has 0 unspecified atom stereocenters. The van der Waals surface area contributed by atoms with Gasteiger partial charge in [0.05, 0.1) is 0 Å². The molecule has 0 saturated heterocycles. The van der Waals surface area contributed by atoms with Crippen molar-refractivity contribution >= 4 is 23.5 Å². The third-order valence-corrected chi connectivity index (χ3v) is 3.56. The zero-order valence-corrected chi connectivity index (χ0v) is 11.7. The van der Waals surface area contributed by atoms with Crippen LogP contribution in [0.25, 0.3) is 0 Å². The fourth-order valence-corrected chi connectivity index (χ4v) is 2.43. The van der Waals surface area contributed by atoms with E-state index in [0.717, 1.165) is 9.92 Å². The normalized spacial score (nSPS) is 10.7. The van der Waals surface area contributed by atoms with Crippen LogP contribution in [0.4, 0.5) is 11.8 Å². The molecule has 1 aromatic carbocycles. The Morgan fingerprint density at radius 2 is 1.84 bits per heavy atom. The molecule has 5 nitrogen and oxygen atoms in total. The van der Waals surface area contributed by atoms with Gasteiger partial charge in [0.1, 0.15) is 10.8 Å². The Bertz CT molecular complexity index is 553. The third-order valence-electron chi connectivity index (χ3n) is 2.64. The number of hydrogen-bond donors (Lipinski definition) is 3. The maximum atomic E-state index is 5.62. The van der Waals surface area contributed by atoms with Gasteiger partial charge in [-0.05, 0) is 23.6 Å². The number of hydrogen-bond acceptors (Lipinski definition) is 6. The summed E-state index contributed by atoms with van der Waals surface area (Å²) in [5.41, 5.74) is 9.41. The van der Waals surface area contributed by atoms with Crippen LogP contribution in [0.2, 0.25) is 0 Å². The minimum atomic E-state index is 0.205. The largest absolute Gasteiger partial charge is 0.368 e. The molecule has 19 heavy (non-hydrogen) atoms. The first-order valence-corrected chi connectivity index (χ1v) is 6.79. The van der Waals surface area contributed by atoms with Crippen LogP contribution in [0.1, 0.15) is 25.3 Å². The van der Waals surface area contributed by atoms with E-state index < -0.39 is 0 Å². The molecule has 0 aliphatic rings. The van der Waals surface area contributed by atoms with Gasteiger partial charge in [0.2, 0.25) is 5.95 Å². The highest BCUT2D eigenvalue weighted by Gasteiger charge is 2.05. The van der Waals surface area contributed by atoms with E-state index in [1.165, 1.54) is 17.3 Å². The van der Waals surface area contributed by atoms with Gasteiger partial charge in [0.15, 0.2) is 0 Å². The van der Waals surface area contributed by atoms with Crippen LogP contribution < -0.4 is 17.0 Å². The van der Waals surface area contributed by atoms with Crippen molar-refractivity contribution in [2.75, 3.05) is 11.2 Å². The zero-order chi connectivity index (χ0) is 13.8. The highest BCUT2D eigenvalue weighted by molar-refractivity contribution is 7.99. The number of hydrazine groups is 1. The van der Waals surface area contributed by atoms with Crippen LogP contribution in [0.3, 0.4) is 0 Å². The Balaban J connectivity index is 2.18. The molecule has 5 N–H and O–H groups in total. The molecular weight excluding hydrogens is 258 g/mol. The molecule has 0 amide bonds. The Morgan fingerprint density at radius 3 is 2.42 bits per heavy atom. The summed E-state index contributed by atoms with van der Waals surface area (Å²) in [5.74, 6) is 6.57. The van der Waals surface area contributed by atoms with E-state index >= 15 is 0 Å². The topological polar surface area (TPSA) is 89.8 Å². The molecule has 0 spiro atoms. The average molecular weight is 275 g/mol. The maximum Gasteiger partial charge on any atom is 0.223 e. The van der Waals surface area contributed by atoms with Gasteiger partial charge in [0.25, 0.3) is 0 Å². The quantitative estimate of drug-likeness (QED) is 0.451. The Kier molecular flexibility index (Phi) is 4.24. The van der Waals surface area contributed by atoms with Gasteiger partial charge in [-0.3, -0.25) is 0 Å². The molecule has 1 heterocycles. The zero-order valence-electron chi connectivity index (χ0n) is 10.9. The molecule has 0 saturated carbocycles.